The minimum absolute atomic E-state index is 0.0882. The highest BCUT2D eigenvalue weighted by molar-refractivity contribution is 5.25. The van der Waals surface area contributed by atoms with E-state index in [0.717, 1.165) is 55.3 Å². The molecule has 0 aromatic heterocycles. The van der Waals surface area contributed by atoms with E-state index in [1.807, 2.05) is 0 Å². The monoisotopic (exact) mass is 442 g/mol. The molecule has 2 N–H and O–H groups in total. The SMILES string of the molecule is CC1(C)CCC(CC(O)CC2CCC3C4CC=C5CC(O)CCC5(C)C4CCC23C)CC1. The van der Waals surface area contributed by atoms with Gasteiger partial charge in [-0.1, -0.05) is 39.3 Å². The summed E-state index contributed by atoms with van der Waals surface area (Å²) in [5.41, 5.74) is 2.89. The normalized spacial score (nSPS) is 47.2. The molecular weight excluding hydrogens is 392 g/mol. The minimum atomic E-state index is -0.104. The van der Waals surface area contributed by atoms with Crippen molar-refractivity contribution in [2.24, 2.45) is 45.8 Å². The van der Waals surface area contributed by atoms with Gasteiger partial charge >= 0.3 is 0 Å². The van der Waals surface area contributed by atoms with Crippen LogP contribution in [0.25, 0.3) is 0 Å². The first-order valence-corrected chi connectivity index (χ1v) is 14.2. The highest BCUT2D eigenvalue weighted by Crippen LogP contribution is 2.66. The third-order valence-electron chi connectivity index (χ3n) is 11.9. The van der Waals surface area contributed by atoms with Crippen molar-refractivity contribution in [2.75, 3.05) is 0 Å². The van der Waals surface area contributed by atoms with E-state index in [1.165, 1.54) is 64.2 Å². The standard InChI is InChI=1S/C30H50O2/c1-28(2)13-9-20(10-14-28)17-24(32)19-22-6-8-26-25-7-5-21-18-23(31)11-15-29(21,3)27(25)12-16-30(22,26)4/h5,20,22-27,31-32H,6-19H2,1-4H3. The Bertz CT molecular complexity index is 714. The smallest absolute Gasteiger partial charge is 0.0577 e. The van der Waals surface area contributed by atoms with Crippen molar-refractivity contribution in [3.8, 4) is 0 Å². The molecule has 8 unspecified atom stereocenters. The minimum Gasteiger partial charge on any atom is -0.393 e. The van der Waals surface area contributed by atoms with Gasteiger partial charge in [0.25, 0.3) is 0 Å². The van der Waals surface area contributed by atoms with Gasteiger partial charge in [-0.2, -0.15) is 0 Å². The highest BCUT2D eigenvalue weighted by atomic mass is 16.3. The number of hydrogen-bond acceptors (Lipinski definition) is 2. The van der Waals surface area contributed by atoms with Gasteiger partial charge in [0.15, 0.2) is 0 Å². The van der Waals surface area contributed by atoms with Crippen LogP contribution in [0.4, 0.5) is 0 Å². The maximum Gasteiger partial charge on any atom is 0.0577 e. The van der Waals surface area contributed by atoms with Crippen LogP contribution in [-0.2, 0) is 0 Å². The van der Waals surface area contributed by atoms with Crippen LogP contribution in [0.5, 0.6) is 0 Å². The average Bonchev–Trinajstić information content (AvgIpc) is 3.06. The van der Waals surface area contributed by atoms with E-state index >= 15 is 0 Å². The highest BCUT2D eigenvalue weighted by Gasteiger charge is 2.58. The van der Waals surface area contributed by atoms with E-state index in [1.54, 1.807) is 5.57 Å². The fourth-order valence-corrected chi connectivity index (χ4v) is 9.64. The van der Waals surface area contributed by atoms with E-state index in [-0.39, 0.29) is 12.2 Å². The molecule has 0 aliphatic heterocycles. The first kappa shape index (κ1) is 23.4. The first-order valence-electron chi connectivity index (χ1n) is 14.2. The van der Waals surface area contributed by atoms with Gasteiger partial charge < -0.3 is 10.2 Å². The van der Waals surface area contributed by atoms with Crippen LogP contribution >= 0.6 is 0 Å². The second kappa shape index (κ2) is 8.40. The molecule has 4 fully saturated rings. The van der Waals surface area contributed by atoms with Crippen molar-refractivity contribution in [1.29, 1.82) is 0 Å². The average molecular weight is 443 g/mol. The van der Waals surface area contributed by atoms with Gasteiger partial charge in [0.05, 0.1) is 12.2 Å². The Morgan fingerprint density at radius 2 is 1.62 bits per heavy atom. The molecule has 2 nitrogen and oxygen atoms in total. The summed E-state index contributed by atoms with van der Waals surface area (Å²) in [6.45, 7) is 9.96. The maximum absolute atomic E-state index is 11.1. The fraction of sp³-hybridized carbons (Fsp3) is 0.933. The van der Waals surface area contributed by atoms with Crippen molar-refractivity contribution in [3.05, 3.63) is 11.6 Å². The lowest BCUT2D eigenvalue weighted by molar-refractivity contribution is -0.0564. The summed E-state index contributed by atoms with van der Waals surface area (Å²) < 4.78 is 0. The van der Waals surface area contributed by atoms with Gasteiger partial charge in [-0.25, -0.2) is 0 Å². The second-order valence-corrected chi connectivity index (χ2v) is 14.2. The molecule has 0 amide bonds. The van der Waals surface area contributed by atoms with Gasteiger partial charge in [-0.05, 0) is 136 Å². The third kappa shape index (κ3) is 4.04. The summed E-state index contributed by atoms with van der Waals surface area (Å²) >= 11 is 0. The van der Waals surface area contributed by atoms with Gasteiger partial charge in [-0.3, -0.25) is 0 Å². The molecule has 4 saturated carbocycles. The van der Waals surface area contributed by atoms with Crippen LogP contribution in [0, 0.1) is 45.8 Å². The molecule has 0 saturated heterocycles. The Labute approximate surface area is 197 Å². The molecule has 0 radical (unpaired) electrons. The Balaban J connectivity index is 1.23. The maximum atomic E-state index is 11.1. The van der Waals surface area contributed by atoms with E-state index in [2.05, 4.69) is 33.8 Å². The Morgan fingerprint density at radius 3 is 2.38 bits per heavy atom. The largest absolute Gasteiger partial charge is 0.393 e. The van der Waals surface area contributed by atoms with Crippen molar-refractivity contribution in [2.45, 2.75) is 130 Å². The van der Waals surface area contributed by atoms with Crippen LogP contribution < -0.4 is 0 Å². The first-order chi connectivity index (χ1) is 15.1. The molecular formula is C30H50O2. The number of fused-ring (bicyclic) bond motifs is 5. The van der Waals surface area contributed by atoms with Gasteiger partial charge in [0.2, 0.25) is 0 Å². The number of aliphatic hydroxyl groups is 2. The molecule has 0 bridgehead atoms. The molecule has 0 spiro atoms. The molecule has 5 rings (SSSR count). The van der Waals surface area contributed by atoms with Crippen molar-refractivity contribution >= 4 is 0 Å². The lowest BCUT2D eigenvalue weighted by atomic mass is 9.47. The third-order valence-corrected chi connectivity index (χ3v) is 11.9. The Kier molecular flexibility index (Phi) is 6.14. The van der Waals surface area contributed by atoms with Crippen LogP contribution in [0.15, 0.2) is 11.6 Å². The molecule has 2 heteroatoms. The predicted molar refractivity (Wildman–Crippen MR) is 132 cm³/mol. The molecule has 182 valence electrons. The van der Waals surface area contributed by atoms with E-state index in [0.29, 0.717) is 16.2 Å². The number of allylic oxidation sites excluding steroid dienone is 1. The lowest BCUT2D eigenvalue weighted by Crippen LogP contribution is -2.50. The Hall–Kier alpha value is -0.340. The van der Waals surface area contributed by atoms with E-state index in [4.69, 9.17) is 0 Å². The second-order valence-electron chi connectivity index (χ2n) is 14.2. The van der Waals surface area contributed by atoms with Gasteiger partial charge in [0, 0.05) is 0 Å². The zero-order valence-corrected chi connectivity index (χ0v) is 21.4. The summed E-state index contributed by atoms with van der Waals surface area (Å²) in [7, 11) is 0. The Morgan fingerprint density at radius 1 is 0.875 bits per heavy atom. The molecule has 0 aromatic carbocycles. The lowest BCUT2D eigenvalue weighted by Gasteiger charge is -2.58. The van der Waals surface area contributed by atoms with Crippen LogP contribution in [0.2, 0.25) is 0 Å². The molecule has 8 atom stereocenters. The quantitative estimate of drug-likeness (QED) is 0.449. The summed E-state index contributed by atoms with van der Waals surface area (Å²) in [6, 6.07) is 0. The van der Waals surface area contributed by atoms with Gasteiger partial charge in [-0.15, -0.1) is 0 Å². The number of hydrogen-bond donors (Lipinski definition) is 2. The van der Waals surface area contributed by atoms with Crippen molar-refractivity contribution in [1.82, 2.24) is 0 Å². The predicted octanol–water partition coefficient (Wildman–Crippen LogP) is 7.28. The fourth-order valence-electron chi connectivity index (χ4n) is 9.64. The number of aliphatic hydroxyl groups excluding tert-OH is 2. The van der Waals surface area contributed by atoms with Crippen molar-refractivity contribution in [3.63, 3.8) is 0 Å². The topological polar surface area (TPSA) is 40.5 Å². The molecule has 0 aromatic rings. The van der Waals surface area contributed by atoms with Crippen LogP contribution in [-0.4, -0.2) is 22.4 Å². The molecule has 32 heavy (non-hydrogen) atoms. The zero-order valence-electron chi connectivity index (χ0n) is 21.4. The van der Waals surface area contributed by atoms with Crippen LogP contribution in [0.3, 0.4) is 0 Å². The summed E-state index contributed by atoms with van der Waals surface area (Å²) in [6.07, 6.45) is 19.6. The summed E-state index contributed by atoms with van der Waals surface area (Å²) in [4.78, 5) is 0. The molecule has 5 aliphatic rings. The van der Waals surface area contributed by atoms with Crippen LogP contribution in [0.1, 0.15) is 118 Å². The van der Waals surface area contributed by atoms with Crippen molar-refractivity contribution < 1.29 is 10.2 Å². The van der Waals surface area contributed by atoms with E-state index in [9.17, 15) is 10.2 Å². The molecule has 5 aliphatic carbocycles. The van der Waals surface area contributed by atoms with Gasteiger partial charge in [0.1, 0.15) is 0 Å². The zero-order chi connectivity index (χ0) is 22.7. The molecule has 0 heterocycles. The summed E-state index contributed by atoms with van der Waals surface area (Å²) in [5, 5.41) is 21.4. The number of rotatable bonds is 4. The van der Waals surface area contributed by atoms with E-state index < -0.39 is 0 Å². The summed E-state index contributed by atoms with van der Waals surface area (Å²) in [5.74, 6) is 3.97.